The van der Waals surface area contributed by atoms with Crippen molar-refractivity contribution in [2.45, 2.75) is 37.9 Å². The van der Waals surface area contributed by atoms with E-state index >= 15 is 0 Å². The second-order valence-electron chi connectivity index (χ2n) is 6.05. The molecule has 23 heavy (non-hydrogen) atoms. The summed E-state index contributed by atoms with van der Waals surface area (Å²) in [6.45, 7) is 4.10. The van der Waals surface area contributed by atoms with Gasteiger partial charge in [0.2, 0.25) is 5.95 Å². The number of ether oxygens (including phenoxy) is 2. The lowest BCUT2D eigenvalue weighted by atomic mass is 9.87. The molecule has 3 rings (SSSR count). The van der Waals surface area contributed by atoms with Gasteiger partial charge in [-0.1, -0.05) is 0 Å². The number of aromatic nitrogens is 1. The number of halogens is 2. The number of nitrogens with zero attached hydrogens (tertiary/aromatic N) is 2. The Morgan fingerprint density at radius 2 is 2.22 bits per heavy atom. The first-order valence-electron chi connectivity index (χ1n) is 7.89. The molecule has 2 saturated heterocycles. The first-order chi connectivity index (χ1) is 11.0. The van der Waals surface area contributed by atoms with Gasteiger partial charge in [0, 0.05) is 32.2 Å². The summed E-state index contributed by atoms with van der Waals surface area (Å²) in [5.74, 6) is -2.16. The molecule has 0 bridgehead atoms. The molecule has 1 atom stereocenters. The average molecular weight is 326 g/mol. The van der Waals surface area contributed by atoms with Crippen LogP contribution >= 0.6 is 0 Å². The van der Waals surface area contributed by atoms with Crippen LogP contribution in [0.4, 0.5) is 8.78 Å². The molecule has 0 saturated carbocycles. The highest BCUT2D eigenvalue weighted by Gasteiger charge is 2.44. The smallest absolute Gasteiger partial charge is 0.257 e. The molecule has 2 fully saturated rings. The molecule has 7 heteroatoms. The summed E-state index contributed by atoms with van der Waals surface area (Å²) in [6, 6.07) is 0.846. The van der Waals surface area contributed by atoms with Crippen LogP contribution in [0.2, 0.25) is 0 Å². The van der Waals surface area contributed by atoms with Gasteiger partial charge in [0.1, 0.15) is 0 Å². The molecule has 1 unspecified atom stereocenters. The topological polar surface area (TPSA) is 51.7 Å². The van der Waals surface area contributed by atoms with Gasteiger partial charge in [0.05, 0.1) is 30.1 Å². The highest BCUT2D eigenvalue weighted by Crippen LogP contribution is 2.37. The zero-order chi connectivity index (χ0) is 16.4. The average Bonchev–Trinajstić information content (AvgIpc) is 2.93. The van der Waals surface area contributed by atoms with E-state index < -0.39 is 17.7 Å². The van der Waals surface area contributed by atoms with Gasteiger partial charge in [-0.05, 0) is 19.8 Å². The third kappa shape index (κ3) is 3.35. The fraction of sp³-hybridized carbons (Fsp3) is 0.625. The van der Waals surface area contributed by atoms with Crippen molar-refractivity contribution in [3.63, 3.8) is 0 Å². The molecule has 1 aromatic rings. The number of hydrogen-bond donors (Lipinski definition) is 0. The standard InChI is InChI=1S/C16H20F2N2O3/c1-2-22-11-8-16(23-10-11)3-5-20(6-4-16)15(21)12-7-14(18)19-9-13(12)17/h7,9,11H,2-6,8,10H2,1H3. The minimum absolute atomic E-state index is 0.106. The van der Waals surface area contributed by atoms with Crippen LogP contribution in [-0.2, 0) is 9.47 Å². The minimum atomic E-state index is -0.859. The second-order valence-corrected chi connectivity index (χ2v) is 6.05. The van der Waals surface area contributed by atoms with E-state index in [9.17, 15) is 13.6 Å². The highest BCUT2D eigenvalue weighted by atomic mass is 19.1. The number of piperidine rings is 1. The normalized spacial score (nSPS) is 23.4. The van der Waals surface area contributed by atoms with E-state index in [0.29, 0.717) is 39.1 Å². The molecule has 5 nitrogen and oxygen atoms in total. The molecular weight excluding hydrogens is 306 g/mol. The Morgan fingerprint density at radius 1 is 1.48 bits per heavy atom. The Hall–Kier alpha value is -1.60. The zero-order valence-corrected chi connectivity index (χ0v) is 13.1. The van der Waals surface area contributed by atoms with Crippen molar-refractivity contribution in [3.05, 3.63) is 29.6 Å². The van der Waals surface area contributed by atoms with Gasteiger partial charge in [0.15, 0.2) is 5.82 Å². The lowest BCUT2D eigenvalue weighted by Gasteiger charge is -2.38. The molecule has 1 aromatic heterocycles. The van der Waals surface area contributed by atoms with E-state index in [2.05, 4.69) is 4.98 Å². The first-order valence-corrected chi connectivity index (χ1v) is 7.89. The van der Waals surface area contributed by atoms with Gasteiger partial charge >= 0.3 is 0 Å². The van der Waals surface area contributed by atoms with Crippen molar-refractivity contribution in [1.29, 1.82) is 0 Å². The number of carbonyl (C=O) groups excluding carboxylic acids is 1. The summed E-state index contributed by atoms with van der Waals surface area (Å²) >= 11 is 0. The largest absolute Gasteiger partial charge is 0.376 e. The molecule has 2 aliphatic rings. The van der Waals surface area contributed by atoms with Crippen molar-refractivity contribution in [2.24, 2.45) is 0 Å². The van der Waals surface area contributed by atoms with Gasteiger partial charge in [-0.25, -0.2) is 9.37 Å². The fourth-order valence-electron chi connectivity index (χ4n) is 3.36. The molecule has 1 amide bonds. The van der Waals surface area contributed by atoms with E-state index in [1.807, 2.05) is 6.92 Å². The van der Waals surface area contributed by atoms with Crippen LogP contribution in [0.15, 0.2) is 12.3 Å². The molecule has 1 spiro atoms. The van der Waals surface area contributed by atoms with E-state index in [4.69, 9.17) is 9.47 Å². The molecule has 0 aliphatic carbocycles. The Balaban J connectivity index is 1.63. The van der Waals surface area contributed by atoms with Crippen molar-refractivity contribution in [3.8, 4) is 0 Å². The monoisotopic (exact) mass is 326 g/mol. The first kappa shape index (κ1) is 16.3. The predicted molar refractivity (Wildman–Crippen MR) is 78.0 cm³/mol. The lowest BCUT2D eigenvalue weighted by molar-refractivity contribution is -0.0408. The van der Waals surface area contributed by atoms with E-state index in [-0.39, 0.29) is 17.3 Å². The maximum atomic E-state index is 13.7. The number of pyridine rings is 1. The summed E-state index contributed by atoms with van der Waals surface area (Å²) in [4.78, 5) is 17.1. The van der Waals surface area contributed by atoms with Crippen molar-refractivity contribution in [2.75, 3.05) is 26.3 Å². The van der Waals surface area contributed by atoms with Crippen LogP contribution in [0.3, 0.4) is 0 Å². The Kier molecular flexibility index (Phi) is 4.59. The van der Waals surface area contributed by atoms with Crippen LogP contribution in [-0.4, -0.2) is 53.8 Å². The van der Waals surface area contributed by atoms with Gasteiger partial charge in [-0.2, -0.15) is 4.39 Å². The van der Waals surface area contributed by atoms with Crippen LogP contribution in [0.25, 0.3) is 0 Å². The summed E-state index contributed by atoms with van der Waals surface area (Å²) in [7, 11) is 0. The molecule has 3 heterocycles. The fourth-order valence-corrected chi connectivity index (χ4v) is 3.36. The maximum Gasteiger partial charge on any atom is 0.257 e. The quantitative estimate of drug-likeness (QED) is 0.799. The Labute approximate surface area is 133 Å². The highest BCUT2D eigenvalue weighted by molar-refractivity contribution is 5.94. The number of hydrogen-bond acceptors (Lipinski definition) is 4. The Morgan fingerprint density at radius 3 is 2.91 bits per heavy atom. The number of amides is 1. The summed E-state index contributed by atoms with van der Waals surface area (Å²) in [6.07, 6.45) is 3.02. The maximum absolute atomic E-state index is 13.7. The summed E-state index contributed by atoms with van der Waals surface area (Å²) < 4.78 is 38.4. The van der Waals surface area contributed by atoms with Crippen LogP contribution in [0, 0.1) is 11.8 Å². The van der Waals surface area contributed by atoms with Gasteiger partial charge in [0.25, 0.3) is 5.91 Å². The lowest BCUT2D eigenvalue weighted by Crippen LogP contribution is -2.46. The van der Waals surface area contributed by atoms with Gasteiger partial charge in [-0.3, -0.25) is 4.79 Å². The molecule has 0 aromatic carbocycles. The zero-order valence-electron chi connectivity index (χ0n) is 13.1. The van der Waals surface area contributed by atoms with E-state index in [1.165, 1.54) is 0 Å². The predicted octanol–water partition coefficient (Wildman–Crippen LogP) is 2.16. The molecule has 0 radical (unpaired) electrons. The third-order valence-electron chi connectivity index (χ3n) is 4.59. The molecule has 126 valence electrons. The van der Waals surface area contributed by atoms with Gasteiger partial charge in [-0.15, -0.1) is 0 Å². The van der Waals surface area contributed by atoms with Crippen molar-refractivity contribution in [1.82, 2.24) is 9.88 Å². The van der Waals surface area contributed by atoms with Gasteiger partial charge < -0.3 is 14.4 Å². The summed E-state index contributed by atoms with van der Waals surface area (Å²) in [5, 5.41) is 0. The molecule has 0 N–H and O–H groups in total. The number of likely N-dealkylation sites (tertiary alicyclic amines) is 1. The van der Waals surface area contributed by atoms with Crippen LogP contribution in [0.5, 0.6) is 0 Å². The third-order valence-corrected chi connectivity index (χ3v) is 4.59. The minimum Gasteiger partial charge on any atom is -0.376 e. The van der Waals surface area contributed by atoms with Crippen molar-refractivity contribution < 1.29 is 23.0 Å². The second kappa shape index (κ2) is 6.49. The molecular formula is C16H20F2N2O3. The summed E-state index contributed by atoms with van der Waals surface area (Å²) in [5.41, 5.74) is -0.522. The van der Waals surface area contributed by atoms with Crippen molar-refractivity contribution >= 4 is 5.91 Å². The number of rotatable bonds is 3. The van der Waals surface area contributed by atoms with Crippen LogP contribution in [0.1, 0.15) is 36.5 Å². The van der Waals surface area contributed by atoms with E-state index in [1.54, 1.807) is 4.90 Å². The Bertz CT molecular complexity index is 589. The molecule has 2 aliphatic heterocycles. The number of carbonyl (C=O) groups is 1. The van der Waals surface area contributed by atoms with Crippen LogP contribution < -0.4 is 0 Å². The SMILES string of the molecule is CCOC1COC2(CCN(C(=O)c3cc(F)ncc3F)CC2)C1. The van der Waals surface area contributed by atoms with E-state index in [0.717, 1.165) is 18.7 Å².